The van der Waals surface area contributed by atoms with Crippen LogP contribution in [0.3, 0.4) is 0 Å². The lowest BCUT2D eigenvalue weighted by atomic mass is 10.1. The minimum Gasteiger partial charge on any atom is -0.383 e. The van der Waals surface area contributed by atoms with Crippen LogP contribution in [0.5, 0.6) is 0 Å². The summed E-state index contributed by atoms with van der Waals surface area (Å²) in [7, 11) is 3.35. The smallest absolute Gasteiger partial charge is 0.227 e. The molecule has 0 spiro atoms. The van der Waals surface area contributed by atoms with Crippen molar-refractivity contribution >= 4 is 5.91 Å². The zero-order valence-corrected chi connectivity index (χ0v) is 14.1. The first-order valence-electron chi connectivity index (χ1n) is 8.11. The monoisotopic (exact) mass is 329 g/mol. The fourth-order valence-corrected chi connectivity index (χ4v) is 3.16. The number of ether oxygens (including phenoxy) is 2. The largest absolute Gasteiger partial charge is 0.383 e. The summed E-state index contributed by atoms with van der Waals surface area (Å²) >= 11 is 0. The third kappa shape index (κ3) is 3.66. The highest BCUT2D eigenvalue weighted by Gasteiger charge is 2.34. The third-order valence-corrected chi connectivity index (χ3v) is 4.45. The number of benzene rings is 1. The van der Waals surface area contributed by atoms with E-state index < -0.39 is 0 Å². The molecule has 128 valence electrons. The molecule has 0 aliphatic carbocycles. The summed E-state index contributed by atoms with van der Waals surface area (Å²) in [5, 5.41) is 4.20. The summed E-state index contributed by atoms with van der Waals surface area (Å²) in [4.78, 5) is 14.6. The lowest BCUT2D eigenvalue weighted by Gasteiger charge is -2.24. The first-order valence-corrected chi connectivity index (χ1v) is 8.11. The van der Waals surface area contributed by atoms with Gasteiger partial charge in [-0.1, -0.05) is 12.1 Å². The number of nitrogens with zero attached hydrogens (tertiary/aromatic N) is 3. The van der Waals surface area contributed by atoms with Crippen molar-refractivity contribution in [1.29, 1.82) is 0 Å². The van der Waals surface area contributed by atoms with Crippen molar-refractivity contribution in [2.75, 3.05) is 27.4 Å². The highest BCUT2D eigenvalue weighted by Crippen LogP contribution is 2.21. The van der Waals surface area contributed by atoms with Gasteiger partial charge < -0.3 is 14.4 Å². The van der Waals surface area contributed by atoms with Crippen molar-refractivity contribution < 1.29 is 14.3 Å². The van der Waals surface area contributed by atoms with Gasteiger partial charge in [-0.05, 0) is 30.2 Å². The average Bonchev–Trinajstić information content (AvgIpc) is 3.25. The van der Waals surface area contributed by atoms with Gasteiger partial charge in [0.2, 0.25) is 5.91 Å². The Balaban J connectivity index is 1.65. The predicted octanol–water partition coefficient (Wildman–Crippen LogP) is 1.68. The van der Waals surface area contributed by atoms with Gasteiger partial charge in [-0.2, -0.15) is 5.10 Å². The first kappa shape index (κ1) is 16.7. The van der Waals surface area contributed by atoms with E-state index in [-0.39, 0.29) is 18.1 Å². The fraction of sp³-hybridized carbons (Fsp3) is 0.444. The molecule has 1 aromatic carbocycles. The minimum atomic E-state index is 0.0933. The number of hydrogen-bond donors (Lipinski definition) is 0. The number of hydrogen-bond acceptors (Lipinski definition) is 4. The van der Waals surface area contributed by atoms with Crippen LogP contribution in [-0.4, -0.2) is 60.1 Å². The van der Waals surface area contributed by atoms with Gasteiger partial charge in [0, 0.05) is 33.2 Å². The van der Waals surface area contributed by atoms with E-state index in [1.807, 2.05) is 41.4 Å². The molecular weight excluding hydrogens is 306 g/mol. The summed E-state index contributed by atoms with van der Waals surface area (Å²) in [6, 6.07) is 9.88. The SMILES string of the molecule is COC[C@@H]1C[C@@H](OC)CN1C(=O)Cc1ccc(-n2cccn2)cc1. The van der Waals surface area contributed by atoms with Gasteiger partial charge in [-0.3, -0.25) is 4.79 Å². The van der Waals surface area contributed by atoms with Crippen LogP contribution >= 0.6 is 0 Å². The van der Waals surface area contributed by atoms with Crippen molar-refractivity contribution in [3.05, 3.63) is 48.3 Å². The van der Waals surface area contributed by atoms with E-state index >= 15 is 0 Å². The van der Waals surface area contributed by atoms with E-state index in [0.717, 1.165) is 17.7 Å². The summed E-state index contributed by atoms with van der Waals surface area (Å²) < 4.78 is 12.5. The highest BCUT2D eigenvalue weighted by atomic mass is 16.5. The Morgan fingerprint density at radius 3 is 2.71 bits per heavy atom. The second-order valence-corrected chi connectivity index (χ2v) is 6.04. The predicted molar refractivity (Wildman–Crippen MR) is 90.1 cm³/mol. The van der Waals surface area contributed by atoms with Crippen molar-refractivity contribution in [3.63, 3.8) is 0 Å². The lowest BCUT2D eigenvalue weighted by molar-refractivity contribution is -0.132. The first-order chi connectivity index (χ1) is 11.7. The van der Waals surface area contributed by atoms with E-state index in [1.54, 1.807) is 25.1 Å². The molecule has 6 nitrogen and oxygen atoms in total. The molecule has 3 rings (SSSR count). The standard InChI is InChI=1S/C18H23N3O3/c1-23-13-16-11-17(24-2)12-20(16)18(22)10-14-4-6-15(7-5-14)21-9-3-8-19-21/h3-9,16-17H,10-13H2,1-2H3/t16-,17+/m0/s1. The molecule has 1 fully saturated rings. The fourth-order valence-electron chi connectivity index (χ4n) is 3.16. The van der Waals surface area contributed by atoms with Crippen LogP contribution in [0.15, 0.2) is 42.7 Å². The van der Waals surface area contributed by atoms with Gasteiger partial charge in [0.05, 0.1) is 30.9 Å². The van der Waals surface area contributed by atoms with Crippen LogP contribution in [0.25, 0.3) is 5.69 Å². The zero-order chi connectivity index (χ0) is 16.9. The number of aromatic nitrogens is 2. The molecule has 0 bridgehead atoms. The Morgan fingerprint density at radius 2 is 2.08 bits per heavy atom. The van der Waals surface area contributed by atoms with Gasteiger partial charge >= 0.3 is 0 Å². The van der Waals surface area contributed by atoms with Gasteiger partial charge in [0.15, 0.2) is 0 Å². The molecule has 1 saturated heterocycles. The van der Waals surface area contributed by atoms with Gasteiger partial charge in [0.25, 0.3) is 0 Å². The third-order valence-electron chi connectivity index (χ3n) is 4.45. The molecule has 2 aromatic rings. The van der Waals surface area contributed by atoms with Crippen LogP contribution in [0, 0.1) is 0 Å². The number of carbonyl (C=O) groups excluding carboxylic acids is 1. The zero-order valence-electron chi connectivity index (χ0n) is 14.1. The average molecular weight is 329 g/mol. The maximum absolute atomic E-state index is 12.7. The molecule has 0 N–H and O–H groups in total. The quantitative estimate of drug-likeness (QED) is 0.809. The summed E-state index contributed by atoms with van der Waals surface area (Å²) in [6.07, 6.45) is 4.94. The van der Waals surface area contributed by atoms with Crippen LogP contribution in [0.4, 0.5) is 0 Å². The van der Waals surface area contributed by atoms with Crippen molar-refractivity contribution in [2.24, 2.45) is 0 Å². The molecule has 0 unspecified atom stereocenters. The highest BCUT2D eigenvalue weighted by molar-refractivity contribution is 5.79. The molecule has 6 heteroatoms. The molecular formula is C18H23N3O3. The summed E-state index contributed by atoms with van der Waals surface area (Å²) in [5.74, 6) is 0.114. The summed E-state index contributed by atoms with van der Waals surface area (Å²) in [6.45, 7) is 1.18. The molecule has 1 aromatic heterocycles. The molecule has 2 atom stereocenters. The topological polar surface area (TPSA) is 56.6 Å². The second kappa shape index (κ2) is 7.59. The van der Waals surface area contributed by atoms with Crippen LogP contribution < -0.4 is 0 Å². The Bertz CT molecular complexity index is 655. The maximum atomic E-state index is 12.7. The normalized spacial score (nSPS) is 20.5. The van der Waals surface area contributed by atoms with E-state index in [0.29, 0.717) is 19.6 Å². The maximum Gasteiger partial charge on any atom is 0.227 e. The molecule has 1 aliphatic rings. The van der Waals surface area contributed by atoms with Crippen molar-refractivity contribution in [1.82, 2.24) is 14.7 Å². The number of methoxy groups -OCH3 is 2. The minimum absolute atomic E-state index is 0.0933. The molecule has 0 radical (unpaired) electrons. The molecule has 24 heavy (non-hydrogen) atoms. The van der Waals surface area contributed by atoms with Crippen LogP contribution in [-0.2, 0) is 20.7 Å². The van der Waals surface area contributed by atoms with E-state index in [9.17, 15) is 4.79 Å². The number of amides is 1. The number of likely N-dealkylation sites (tertiary alicyclic amines) is 1. The van der Waals surface area contributed by atoms with Crippen LogP contribution in [0.2, 0.25) is 0 Å². The number of carbonyl (C=O) groups is 1. The van der Waals surface area contributed by atoms with E-state index in [2.05, 4.69) is 5.10 Å². The molecule has 0 saturated carbocycles. The van der Waals surface area contributed by atoms with Crippen molar-refractivity contribution in [3.8, 4) is 5.69 Å². The Kier molecular flexibility index (Phi) is 5.27. The number of rotatable bonds is 6. The van der Waals surface area contributed by atoms with E-state index in [1.165, 1.54) is 0 Å². The Morgan fingerprint density at radius 1 is 1.29 bits per heavy atom. The molecule has 2 heterocycles. The van der Waals surface area contributed by atoms with Gasteiger partial charge in [0.1, 0.15) is 0 Å². The summed E-state index contributed by atoms with van der Waals surface area (Å²) in [5.41, 5.74) is 1.97. The van der Waals surface area contributed by atoms with Crippen molar-refractivity contribution in [2.45, 2.75) is 25.0 Å². The van der Waals surface area contributed by atoms with Gasteiger partial charge in [-0.25, -0.2) is 4.68 Å². The lowest BCUT2D eigenvalue weighted by Crippen LogP contribution is -2.39. The Hall–Kier alpha value is -2.18. The Labute approximate surface area is 142 Å². The second-order valence-electron chi connectivity index (χ2n) is 6.04. The molecule has 1 amide bonds. The van der Waals surface area contributed by atoms with Gasteiger partial charge in [-0.15, -0.1) is 0 Å². The van der Waals surface area contributed by atoms with Crippen LogP contribution in [0.1, 0.15) is 12.0 Å². The van der Waals surface area contributed by atoms with E-state index in [4.69, 9.17) is 9.47 Å². The molecule has 1 aliphatic heterocycles.